The number of hydrogen-bond donors (Lipinski definition) is 3. The predicted molar refractivity (Wildman–Crippen MR) is 180 cm³/mol. The van der Waals surface area contributed by atoms with Crippen LogP contribution in [0.5, 0.6) is 5.75 Å². The van der Waals surface area contributed by atoms with Crippen LogP contribution in [0, 0.1) is 39.2 Å². The Morgan fingerprint density at radius 3 is 2.62 bits per heavy atom. The summed E-state index contributed by atoms with van der Waals surface area (Å²) in [5, 5.41) is 15.1. The number of rotatable bonds is 15. The number of benzene rings is 2. The van der Waals surface area contributed by atoms with Gasteiger partial charge in [0.25, 0.3) is 5.96 Å². The highest BCUT2D eigenvalue weighted by Gasteiger charge is 2.68. The van der Waals surface area contributed by atoms with Gasteiger partial charge in [-0.3, -0.25) is 9.59 Å². The van der Waals surface area contributed by atoms with E-state index in [4.69, 9.17) is 19.8 Å². The van der Waals surface area contributed by atoms with Crippen LogP contribution >= 0.6 is 0 Å². The van der Waals surface area contributed by atoms with E-state index in [0.29, 0.717) is 36.8 Å². The van der Waals surface area contributed by atoms with Gasteiger partial charge in [0.05, 0.1) is 17.6 Å². The number of fused-ring (bicyclic) bond motifs is 1. The van der Waals surface area contributed by atoms with Crippen LogP contribution in [0.1, 0.15) is 73.1 Å². The number of carbonyl (C=O) groups is 2. The SMILES string of the molecule is CC(C)C[C@H](NC(=O)[C@H](CCCN=C(N)N[N+](=O)[O-])CC(=O)COc1ccc2ccccc2c1)B1O[C@@H]2C[C@@H]3C[C@@H](C3(C)C)[C@]2(C)O1. The Hall–Kier alpha value is -3.71. The van der Waals surface area contributed by atoms with Gasteiger partial charge in [0.1, 0.15) is 12.4 Å². The van der Waals surface area contributed by atoms with Crippen molar-refractivity contribution in [2.75, 3.05) is 13.2 Å². The fourth-order valence-corrected chi connectivity index (χ4v) is 7.86. The van der Waals surface area contributed by atoms with E-state index >= 15 is 0 Å². The minimum Gasteiger partial charge on any atom is -0.486 e. The van der Waals surface area contributed by atoms with Crippen molar-refractivity contribution in [1.82, 2.24) is 10.7 Å². The van der Waals surface area contributed by atoms with Crippen molar-refractivity contribution >= 4 is 35.5 Å². The molecule has 1 aliphatic heterocycles. The lowest BCUT2D eigenvalue weighted by Crippen LogP contribution is -2.65. The summed E-state index contributed by atoms with van der Waals surface area (Å²) in [5.41, 5.74) is 7.15. The summed E-state index contributed by atoms with van der Waals surface area (Å²) in [5.74, 6) is -0.0463. The Bertz CT molecular complexity index is 1500. The summed E-state index contributed by atoms with van der Waals surface area (Å²) in [7, 11) is -0.586. The first kappa shape index (κ1) is 34.6. The lowest BCUT2D eigenvalue weighted by Gasteiger charge is -2.64. The number of nitrogens with zero attached hydrogens (tertiary/aromatic N) is 2. The number of ether oxygens (including phenoxy) is 1. The maximum absolute atomic E-state index is 13.9. The Labute approximate surface area is 276 Å². The van der Waals surface area contributed by atoms with Crippen LogP contribution in [-0.4, -0.2) is 60.6 Å². The molecule has 4 fully saturated rings. The van der Waals surface area contributed by atoms with E-state index in [1.165, 1.54) is 0 Å². The number of hydrazine groups is 1. The zero-order chi connectivity index (χ0) is 33.9. The van der Waals surface area contributed by atoms with Crippen LogP contribution in [0.15, 0.2) is 47.5 Å². The number of guanidine groups is 1. The molecule has 0 unspecified atom stereocenters. The molecule has 2 bridgehead atoms. The van der Waals surface area contributed by atoms with Crippen LogP contribution in [0.2, 0.25) is 0 Å². The van der Waals surface area contributed by atoms with Crippen LogP contribution in [-0.2, 0) is 18.9 Å². The van der Waals surface area contributed by atoms with Crippen LogP contribution in [0.3, 0.4) is 0 Å². The maximum Gasteiger partial charge on any atom is 0.481 e. The zero-order valence-electron chi connectivity index (χ0n) is 28.1. The standard InChI is InChI=1S/C34H48BN5O7/c1-21(2)15-30(35-46-29-19-25-18-28(33(25,3)4)34(29,5)47-35)38-31(42)24(11-8-14-37-32(36)39-40(43)44)16-26(41)20-45-27-13-12-22-9-6-7-10-23(22)17-27/h6-7,9-10,12-13,17,21,24-25,28-30H,8,11,14-16,18-20H2,1-5H3,(H,38,42)(H3,36,37,39)/t24-,25+,28+,29-,30+,34+/m1/s1. The Morgan fingerprint density at radius 2 is 1.91 bits per heavy atom. The molecule has 1 heterocycles. The highest BCUT2D eigenvalue weighted by molar-refractivity contribution is 6.47. The number of aliphatic imine (C=N–C) groups is 1. The number of Topliss-reactive ketones (excluding diaryl/α,β-unsaturated/α-hetero) is 1. The minimum atomic E-state index is -0.785. The van der Waals surface area contributed by atoms with Gasteiger partial charge in [0, 0.05) is 18.9 Å². The summed E-state index contributed by atoms with van der Waals surface area (Å²) in [6.45, 7) is 10.9. The third-order valence-corrected chi connectivity index (χ3v) is 10.5. The van der Waals surface area contributed by atoms with Gasteiger partial charge in [-0.05, 0) is 85.1 Å². The molecule has 4 aliphatic rings. The van der Waals surface area contributed by atoms with Gasteiger partial charge in [-0.15, -0.1) is 0 Å². The molecule has 1 amide bonds. The van der Waals surface area contributed by atoms with Gasteiger partial charge >= 0.3 is 7.12 Å². The molecular formula is C34H48BN5O7. The van der Waals surface area contributed by atoms with E-state index in [1.54, 1.807) is 0 Å². The molecule has 6 rings (SSSR count). The van der Waals surface area contributed by atoms with Crippen molar-refractivity contribution < 1.29 is 28.7 Å². The molecule has 2 aromatic carbocycles. The number of carbonyl (C=O) groups excluding carboxylic acids is 2. The van der Waals surface area contributed by atoms with E-state index in [2.05, 4.69) is 44.9 Å². The second kappa shape index (κ2) is 14.2. The molecule has 3 aliphatic carbocycles. The number of nitrogens with two attached hydrogens (primary N) is 1. The summed E-state index contributed by atoms with van der Waals surface area (Å²) in [6.07, 6.45) is 3.38. The lowest BCUT2D eigenvalue weighted by molar-refractivity contribution is -0.525. The van der Waals surface area contributed by atoms with Crippen molar-refractivity contribution in [2.45, 2.75) is 90.8 Å². The third-order valence-electron chi connectivity index (χ3n) is 10.5. The largest absolute Gasteiger partial charge is 0.486 e. The molecule has 1 saturated heterocycles. The Morgan fingerprint density at radius 1 is 1.17 bits per heavy atom. The predicted octanol–water partition coefficient (Wildman–Crippen LogP) is 4.47. The monoisotopic (exact) mass is 649 g/mol. The van der Waals surface area contributed by atoms with Gasteiger partial charge < -0.3 is 25.1 Å². The van der Waals surface area contributed by atoms with Gasteiger partial charge in [0.15, 0.2) is 10.8 Å². The van der Waals surface area contributed by atoms with Crippen molar-refractivity contribution in [3.63, 3.8) is 0 Å². The first-order valence-corrected chi connectivity index (χ1v) is 16.7. The first-order valence-electron chi connectivity index (χ1n) is 16.7. The van der Waals surface area contributed by atoms with Gasteiger partial charge in [-0.2, -0.15) is 0 Å². The van der Waals surface area contributed by atoms with Crippen LogP contribution < -0.4 is 21.2 Å². The third kappa shape index (κ3) is 7.89. The van der Waals surface area contributed by atoms with E-state index in [9.17, 15) is 19.7 Å². The minimum absolute atomic E-state index is 0.0171. The molecule has 254 valence electrons. The normalized spacial score (nSPS) is 25.9. The second-order valence-corrected chi connectivity index (χ2v) is 14.6. The summed E-state index contributed by atoms with van der Waals surface area (Å²) in [4.78, 5) is 41.7. The van der Waals surface area contributed by atoms with Crippen LogP contribution in [0.4, 0.5) is 0 Å². The molecule has 0 radical (unpaired) electrons. The molecule has 12 nitrogen and oxygen atoms in total. The second-order valence-electron chi connectivity index (χ2n) is 14.6. The van der Waals surface area contributed by atoms with Crippen molar-refractivity contribution in [3.05, 3.63) is 52.6 Å². The van der Waals surface area contributed by atoms with Gasteiger partial charge in [-0.25, -0.2) is 15.1 Å². The van der Waals surface area contributed by atoms with Gasteiger partial charge in [0.2, 0.25) is 5.91 Å². The molecule has 13 heteroatoms. The zero-order valence-corrected chi connectivity index (χ0v) is 28.1. The van der Waals surface area contributed by atoms with E-state index in [1.807, 2.05) is 47.9 Å². The Balaban J connectivity index is 1.25. The average Bonchev–Trinajstić information content (AvgIpc) is 3.37. The molecule has 4 N–H and O–H groups in total. The highest BCUT2D eigenvalue weighted by Crippen LogP contribution is 2.65. The molecule has 0 spiro atoms. The number of nitrogens with one attached hydrogen (secondary N) is 2. The molecule has 3 saturated carbocycles. The maximum atomic E-state index is 13.9. The van der Waals surface area contributed by atoms with Crippen LogP contribution in [0.25, 0.3) is 10.8 Å². The summed E-state index contributed by atoms with van der Waals surface area (Å²) < 4.78 is 19.1. The van der Waals surface area contributed by atoms with E-state index < -0.39 is 29.6 Å². The molecule has 6 atom stereocenters. The van der Waals surface area contributed by atoms with Crippen molar-refractivity contribution in [3.8, 4) is 5.75 Å². The molecule has 0 aromatic heterocycles. The average molecular weight is 650 g/mol. The topological polar surface area (TPSA) is 167 Å². The number of ketones is 1. The van der Waals surface area contributed by atoms with Gasteiger partial charge in [-0.1, -0.05) is 63.5 Å². The number of hydrogen-bond acceptors (Lipinski definition) is 8. The molecule has 2 aromatic rings. The fraction of sp³-hybridized carbons (Fsp3) is 0.618. The summed E-state index contributed by atoms with van der Waals surface area (Å²) >= 11 is 0. The van der Waals surface area contributed by atoms with E-state index in [0.717, 1.165) is 23.6 Å². The first-order chi connectivity index (χ1) is 22.3. The summed E-state index contributed by atoms with van der Waals surface area (Å²) in [6, 6.07) is 13.5. The highest BCUT2D eigenvalue weighted by atomic mass is 16.7. The van der Waals surface area contributed by atoms with E-state index in [-0.39, 0.29) is 54.7 Å². The number of nitro groups is 1. The van der Waals surface area contributed by atoms with Crippen molar-refractivity contribution in [2.24, 2.45) is 39.8 Å². The Kier molecular flexibility index (Phi) is 10.5. The number of amides is 1. The fourth-order valence-electron chi connectivity index (χ4n) is 7.86. The van der Waals surface area contributed by atoms with Crippen molar-refractivity contribution in [1.29, 1.82) is 0 Å². The molecular weight excluding hydrogens is 601 g/mol. The molecule has 47 heavy (non-hydrogen) atoms. The smallest absolute Gasteiger partial charge is 0.481 e. The quantitative estimate of drug-likeness (QED) is 0.0630. The lowest BCUT2D eigenvalue weighted by atomic mass is 9.43.